The summed E-state index contributed by atoms with van der Waals surface area (Å²) >= 11 is 0. The van der Waals surface area contributed by atoms with E-state index in [4.69, 9.17) is 0 Å². The number of aryl methyl sites for hydroxylation is 1. The minimum Gasteiger partial charge on any atom is -0.508 e. The van der Waals surface area contributed by atoms with E-state index in [1.54, 1.807) is 18.2 Å². The number of nitrogens with zero attached hydrogens (tertiary/aromatic N) is 1. The molecule has 0 bridgehead atoms. The van der Waals surface area contributed by atoms with Gasteiger partial charge in [-0.15, -0.1) is 0 Å². The number of phenolic OH excluding ortho intramolecular Hbond substituents is 1. The normalized spacial score (nSPS) is 14.9. The molecule has 88 valence electrons. The number of aromatic hydroxyl groups is 1. The minimum absolute atomic E-state index is 0.0606. The molecule has 2 aromatic rings. The molecule has 0 fully saturated rings. The van der Waals surface area contributed by atoms with E-state index in [0.717, 1.165) is 36.3 Å². The van der Waals surface area contributed by atoms with Crippen molar-refractivity contribution in [2.45, 2.75) is 13.0 Å². The Kier molecular flexibility index (Phi) is 2.19. The molecule has 0 unspecified atom stereocenters. The number of pyridine rings is 1. The van der Waals surface area contributed by atoms with Crippen molar-refractivity contribution in [2.75, 3.05) is 6.54 Å². The van der Waals surface area contributed by atoms with Crippen molar-refractivity contribution >= 4 is 10.9 Å². The van der Waals surface area contributed by atoms with Gasteiger partial charge in [0.1, 0.15) is 5.75 Å². The van der Waals surface area contributed by atoms with Crippen molar-refractivity contribution < 1.29 is 5.11 Å². The second kappa shape index (κ2) is 3.60. The van der Waals surface area contributed by atoms with Crippen molar-refractivity contribution in [3.8, 4) is 5.75 Å². The number of hydrogen-bond donors (Lipinski definition) is 2. The quantitative estimate of drug-likeness (QED) is 0.706. The number of phenols is 1. The fourth-order valence-corrected chi connectivity index (χ4v) is 2.54. The van der Waals surface area contributed by atoms with E-state index in [2.05, 4.69) is 5.32 Å². The van der Waals surface area contributed by atoms with Crippen LogP contribution in [-0.4, -0.2) is 16.2 Å². The lowest BCUT2D eigenvalue weighted by Crippen LogP contribution is -2.32. The van der Waals surface area contributed by atoms with E-state index in [0.29, 0.717) is 5.39 Å². The van der Waals surface area contributed by atoms with Crippen LogP contribution in [0.1, 0.15) is 11.3 Å². The predicted octanol–water partition coefficient (Wildman–Crippen LogP) is 0.890. The molecule has 0 aliphatic carbocycles. The summed E-state index contributed by atoms with van der Waals surface area (Å²) in [6.45, 7) is 1.57. The first-order valence-electron chi connectivity index (χ1n) is 5.72. The van der Waals surface area contributed by atoms with Crippen molar-refractivity contribution in [1.29, 1.82) is 0 Å². The Balaban J connectivity index is 2.47. The maximum absolute atomic E-state index is 12.3. The lowest BCUT2D eigenvalue weighted by Gasteiger charge is -2.21. The predicted molar refractivity (Wildman–Crippen MR) is 66.3 cm³/mol. The third-order valence-electron chi connectivity index (χ3n) is 3.46. The lowest BCUT2D eigenvalue weighted by atomic mass is 10.0. The summed E-state index contributed by atoms with van der Waals surface area (Å²) in [5.74, 6) is 0.142. The zero-order chi connectivity index (χ0) is 12.0. The molecule has 2 N–H and O–H groups in total. The Morgan fingerprint density at radius 1 is 1.41 bits per heavy atom. The van der Waals surface area contributed by atoms with Gasteiger partial charge in [0.2, 0.25) is 0 Å². The zero-order valence-electron chi connectivity index (χ0n) is 9.66. The highest BCUT2D eigenvalue weighted by molar-refractivity contribution is 5.81. The number of aromatic nitrogens is 1. The van der Waals surface area contributed by atoms with Gasteiger partial charge in [-0.1, -0.05) is 0 Å². The highest BCUT2D eigenvalue weighted by Gasteiger charge is 2.17. The number of benzene rings is 1. The van der Waals surface area contributed by atoms with Crippen molar-refractivity contribution in [3.05, 3.63) is 39.7 Å². The Labute approximate surface area is 98.5 Å². The first-order valence-corrected chi connectivity index (χ1v) is 5.72. The molecule has 17 heavy (non-hydrogen) atoms. The molecule has 1 aromatic heterocycles. The second-order valence-electron chi connectivity index (χ2n) is 4.44. The Morgan fingerprint density at radius 2 is 2.24 bits per heavy atom. The van der Waals surface area contributed by atoms with Crippen molar-refractivity contribution in [3.63, 3.8) is 0 Å². The van der Waals surface area contributed by atoms with E-state index in [1.165, 1.54) is 0 Å². The number of fused-ring (bicyclic) bond motifs is 2. The first-order chi connectivity index (χ1) is 8.18. The molecular formula is C13H14N2O2. The molecule has 0 spiro atoms. The fraction of sp³-hybridized carbons (Fsp3) is 0.308. The summed E-state index contributed by atoms with van der Waals surface area (Å²) < 4.78 is 2.04. The third-order valence-corrected chi connectivity index (χ3v) is 3.46. The maximum Gasteiger partial charge on any atom is 0.193 e. The number of hydrogen-bond acceptors (Lipinski definition) is 3. The molecule has 2 heterocycles. The van der Waals surface area contributed by atoms with Gasteiger partial charge < -0.3 is 15.0 Å². The van der Waals surface area contributed by atoms with Gasteiger partial charge in [-0.25, -0.2) is 0 Å². The largest absolute Gasteiger partial charge is 0.508 e. The molecular weight excluding hydrogens is 216 g/mol. The van der Waals surface area contributed by atoms with Gasteiger partial charge in [-0.05, 0) is 31.2 Å². The van der Waals surface area contributed by atoms with Crippen LogP contribution in [0.2, 0.25) is 0 Å². The van der Waals surface area contributed by atoms with Crippen LogP contribution in [0, 0.1) is 0 Å². The fourth-order valence-electron chi connectivity index (χ4n) is 2.54. The molecule has 1 aliphatic heterocycles. The molecule has 3 rings (SSSR count). The SMILES string of the molecule is Cn1c2c(c(=O)c3cc(O)ccc31)CCNC2. The van der Waals surface area contributed by atoms with Crippen LogP contribution in [0.15, 0.2) is 23.0 Å². The first kappa shape index (κ1) is 10.4. The lowest BCUT2D eigenvalue weighted by molar-refractivity contribution is 0.476. The van der Waals surface area contributed by atoms with Gasteiger partial charge in [-0.3, -0.25) is 4.79 Å². The van der Waals surface area contributed by atoms with Crippen LogP contribution in [0.3, 0.4) is 0 Å². The zero-order valence-corrected chi connectivity index (χ0v) is 9.66. The molecule has 0 radical (unpaired) electrons. The van der Waals surface area contributed by atoms with Gasteiger partial charge in [0.15, 0.2) is 5.43 Å². The summed E-state index contributed by atoms with van der Waals surface area (Å²) in [5.41, 5.74) is 2.87. The van der Waals surface area contributed by atoms with E-state index in [1.807, 2.05) is 11.6 Å². The van der Waals surface area contributed by atoms with E-state index >= 15 is 0 Å². The topological polar surface area (TPSA) is 54.3 Å². The highest BCUT2D eigenvalue weighted by atomic mass is 16.3. The van der Waals surface area contributed by atoms with Crippen molar-refractivity contribution in [2.24, 2.45) is 7.05 Å². The minimum atomic E-state index is 0.0606. The van der Waals surface area contributed by atoms with Crippen LogP contribution in [0.5, 0.6) is 5.75 Å². The Hall–Kier alpha value is -1.81. The van der Waals surface area contributed by atoms with Crippen LogP contribution < -0.4 is 10.7 Å². The van der Waals surface area contributed by atoms with Gasteiger partial charge in [-0.2, -0.15) is 0 Å². The van der Waals surface area contributed by atoms with Gasteiger partial charge >= 0.3 is 0 Å². The average molecular weight is 230 g/mol. The van der Waals surface area contributed by atoms with E-state index in [9.17, 15) is 9.90 Å². The van der Waals surface area contributed by atoms with Gasteiger partial charge in [0, 0.05) is 30.2 Å². The molecule has 0 atom stereocenters. The monoisotopic (exact) mass is 230 g/mol. The number of nitrogens with one attached hydrogen (secondary N) is 1. The standard InChI is InChI=1S/C13H14N2O2/c1-15-11-3-2-8(16)6-10(11)13(17)9-4-5-14-7-12(9)15/h2-3,6,14,16H,4-5,7H2,1H3. The van der Waals surface area contributed by atoms with Crippen LogP contribution in [-0.2, 0) is 20.0 Å². The van der Waals surface area contributed by atoms with E-state index < -0.39 is 0 Å². The van der Waals surface area contributed by atoms with Crippen LogP contribution in [0.25, 0.3) is 10.9 Å². The molecule has 1 aliphatic rings. The molecule has 4 nitrogen and oxygen atoms in total. The highest BCUT2D eigenvalue weighted by Crippen LogP contribution is 2.21. The van der Waals surface area contributed by atoms with E-state index in [-0.39, 0.29) is 11.2 Å². The van der Waals surface area contributed by atoms with Gasteiger partial charge in [0.05, 0.1) is 5.52 Å². The summed E-state index contributed by atoms with van der Waals surface area (Å²) in [4.78, 5) is 12.3. The third kappa shape index (κ3) is 1.45. The molecule has 4 heteroatoms. The second-order valence-corrected chi connectivity index (χ2v) is 4.44. The summed E-state index contributed by atoms with van der Waals surface area (Å²) in [7, 11) is 1.96. The molecule has 1 aromatic carbocycles. The summed E-state index contributed by atoms with van der Waals surface area (Å²) in [6.07, 6.45) is 0.758. The number of rotatable bonds is 0. The Morgan fingerprint density at radius 3 is 3.06 bits per heavy atom. The van der Waals surface area contributed by atoms with Crippen LogP contribution >= 0.6 is 0 Å². The smallest absolute Gasteiger partial charge is 0.193 e. The summed E-state index contributed by atoms with van der Waals surface area (Å²) in [6, 6.07) is 4.96. The molecule has 0 amide bonds. The molecule has 0 saturated heterocycles. The van der Waals surface area contributed by atoms with Crippen molar-refractivity contribution in [1.82, 2.24) is 9.88 Å². The van der Waals surface area contributed by atoms with Crippen LogP contribution in [0.4, 0.5) is 0 Å². The summed E-state index contributed by atoms with van der Waals surface area (Å²) in [5, 5.41) is 13.4. The Bertz CT molecular complexity index is 658. The average Bonchev–Trinajstić information content (AvgIpc) is 2.36. The maximum atomic E-state index is 12.3. The van der Waals surface area contributed by atoms with Gasteiger partial charge in [0.25, 0.3) is 0 Å². The molecule has 0 saturated carbocycles.